The molecule has 4 fully saturated rings. The third-order valence-electron chi connectivity index (χ3n) is 12.0. The van der Waals surface area contributed by atoms with E-state index in [-0.39, 0.29) is 43.0 Å². The number of aliphatic hydroxyl groups is 6. The summed E-state index contributed by atoms with van der Waals surface area (Å²) in [5.41, 5.74) is 0.502. The van der Waals surface area contributed by atoms with Crippen LogP contribution in [-0.4, -0.2) is 156 Å². The van der Waals surface area contributed by atoms with Crippen molar-refractivity contribution >= 4 is 11.7 Å². The monoisotopic (exact) mass is 800 g/mol. The summed E-state index contributed by atoms with van der Waals surface area (Å²) in [6, 6.07) is 0. The number of hydrogen-bond donors (Lipinski definition) is 7. The Balaban J connectivity index is 1.37. The highest BCUT2D eigenvalue weighted by molar-refractivity contribution is 5.85. The van der Waals surface area contributed by atoms with Crippen LogP contribution < -0.4 is 5.32 Å². The lowest BCUT2D eigenvalue weighted by Gasteiger charge is -2.47. The lowest BCUT2D eigenvalue weighted by Crippen LogP contribution is -2.59. The predicted octanol–water partition coefficient (Wildman–Crippen LogP) is -0.574. The summed E-state index contributed by atoms with van der Waals surface area (Å²) in [7, 11) is 0. The number of hydrogen-bond acceptors (Lipinski definition) is 16. The molecule has 8 unspecified atom stereocenters. The minimum atomic E-state index is -1.44. The summed E-state index contributed by atoms with van der Waals surface area (Å²) in [6.45, 7) is 13.9. The van der Waals surface area contributed by atoms with Crippen molar-refractivity contribution in [3.63, 3.8) is 0 Å². The van der Waals surface area contributed by atoms with Crippen LogP contribution in [0.3, 0.4) is 0 Å². The first-order valence-corrected chi connectivity index (χ1v) is 20.1. The average molecular weight is 801 g/mol. The number of carbonyl (C=O) groups is 2. The largest absolute Gasteiger partial charge is 0.390 e. The van der Waals surface area contributed by atoms with E-state index in [1.54, 1.807) is 27.0 Å². The van der Waals surface area contributed by atoms with Crippen molar-refractivity contribution in [1.82, 2.24) is 20.3 Å². The second kappa shape index (κ2) is 19.2. The minimum Gasteiger partial charge on any atom is -0.390 e. The van der Waals surface area contributed by atoms with E-state index in [0.29, 0.717) is 25.0 Å². The lowest BCUT2D eigenvalue weighted by atomic mass is 9.77. The van der Waals surface area contributed by atoms with Crippen molar-refractivity contribution in [2.24, 2.45) is 29.6 Å². The lowest BCUT2D eigenvalue weighted by molar-refractivity contribution is -0.325. The molecular weight excluding hydrogens is 736 g/mol. The minimum absolute atomic E-state index is 0.00892. The number of carbonyl (C=O) groups excluding carboxylic acids is 2. The number of aliphatic hydroxyl groups excluding tert-OH is 6. The summed E-state index contributed by atoms with van der Waals surface area (Å²) in [5, 5.41) is 77.3. The number of Topliss-reactive ketones (excluding diaryl/α,β-unsaturated/α-hetero) is 1. The van der Waals surface area contributed by atoms with Crippen LogP contribution in [0.25, 0.3) is 0 Å². The summed E-state index contributed by atoms with van der Waals surface area (Å²) in [5.74, 6) is -2.63. The van der Waals surface area contributed by atoms with E-state index in [1.165, 1.54) is 11.6 Å². The van der Waals surface area contributed by atoms with Gasteiger partial charge in [0.05, 0.1) is 55.4 Å². The Kier molecular flexibility index (Phi) is 15.4. The van der Waals surface area contributed by atoms with Crippen LogP contribution in [0.1, 0.15) is 80.3 Å². The predicted molar refractivity (Wildman–Crippen MR) is 195 cm³/mol. The van der Waals surface area contributed by atoms with Crippen molar-refractivity contribution < 1.29 is 68.6 Å². The second-order valence-corrected chi connectivity index (χ2v) is 16.6. The van der Waals surface area contributed by atoms with Crippen LogP contribution in [0.4, 0.5) is 0 Å². The zero-order chi connectivity index (χ0) is 41.2. The van der Waals surface area contributed by atoms with Gasteiger partial charge in [-0.2, -0.15) is 0 Å². The van der Waals surface area contributed by atoms with Crippen molar-refractivity contribution in [3.8, 4) is 0 Å². The van der Waals surface area contributed by atoms with Gasteiger partial charge in [0, 0.05) is 30.4 Å². The van der Waals surface area contributed by atoms with Gasteiger partial charge < -0.3 is 64.4 Å². The molecule has 18 heteroatoms. The molecule has 0 spiro atoms. The molecule has 0 radical (unpaired) electrons. The zero-order valence-corrected chi connectivity index (χ0v) is 33.7. The van der Waals surface area contributed by atoms with Gasteiger partial charge in [0.25, 0.3) is 0 Å². The molecule has 320 valence electrons. The van der Waals surface area contributed by atoms with E-state index in [2.05, 4.69) is 15.6 Å². The molecule has 3 saturated heterocycles. The van der Waals surface area contributed by atoms with E-state index in [4.69, 9.17) is 28.4 Å². The number of nitrogens with one attached hydrogen (secondary N) is 1. The maximum absolute atomic E-state index is 12.5. The van der Waals surface area contributed by atoms with Crippen LogP contribution in [0.5, 0.6) is 0 Å². The molecule has 7 N–H and O–H groups in total. The molecular formula is C38H64N4O14. The highest BCUT2D eigenvalue weighted by Gasteiger charge is 2.54. The molecule has 1 aromatic heterocycles. The van der Waals surface area contributed by atoms with Gasteiger partial charge in [0.1, 0.15) is 42.4 Å². The molecule has 1 amide bonds. The number of aromatic nitrogens is 3. The first-order valence-electron chi connectivity index (χ1n) is 20.1. The molecule has 1 aromatic rings. The summed E-state index contributed by atoms with van der Waals surface area (Å²) >= 11 is 0. The standard InChI is InChI=1S/C38H64N4O14/c1-9-23-29(47)27(45)20(7)36(51-23)54-32-17(4)11-16(3)26(44)34(32)56-38-31(49)33(55-37-21(8)28(46)30(48)24(10-2)52-37)25(53-38)15-42-14-22(40-41-42)12-18(5)35(50)39-13-19(6)43/h14,16-18,20-21,23-34,36-38,44-49H,9-13,15H2,1-8H3,(H,39,50)/t16-,17?,18?,20?,21?,23?,24+,25-,26?,27-,28?,29+,30-,31?,32+,33+,34-,36+,37-,38+/m1/s1. The molecule has 1 aliphatic carbocycles. The number of ketones is 1. The Hall–Kier alpha value is -2.20. The van der Waals surface area contributed by atoms with E-state index in [0.717, 1.165) is 0 Å². The Morgan fingerprint density at radius 3 is 1.86 bits per heavy atom. The Bertz CT molecular complexity index is 1430. The molecule has 0 bridgehead atoms. The van der Waals surface area contributed by atoms with E-state index in [1.807, 2.05) is 27.7 Å². The normalized spacial score (nSPS) is 43.7. The van der Waals surface area contributed by atoms with Gasteiger partial charge >= 0.3 is 0 Å². The van der Waals surface area contributed by atoms with Gasteiger partial charge in [0.15, 0.2) is 18.9 Å². The zero-order valence-electron chi connectivity index (χ0n) is 33.7. The van der Waals surface area contributed by atoms with Crippen LogP contribution in [-0.2, 0) is 51.0 Å². The van der Waals surface area contributed by atoms with Crippen molar-refractivity contribution in [2.45, 2.75) is 180 Å². The number of ether oxygens (including phenoxy) is 6. The van der Waals surface area contributed by atoms with Gasteiger partial charge in [-0.25, -0.2) is 4.68 Å². The van der Waals surface area contributed by atoms with Gasteiger partial charge in [-0.15, -0.1) is 5.10 Å². The first-order chi connectivity index (χ1) is 26.4. The Morgan fingerprint density at radius 2 is 1.30 bits per heavy atom. The molecule has 3 aliphatic heterocycles. The third kappa shape index (κ3) is 9.97. The number of nitrogens with zero attached hydrogens (tertiary/aromatic N) is 3. The summed E-state index contributed by atoms with van der Waals surface area (Å²) < 4.78 is 39.4. The molecule has 5 rings (SSSR count). The van der Waals surface area contributed by atoms with Crippen LogP contribution in [0.15, 0.2) is 6.20 Å². The molecule has 56 heavy (non-hydrogen) atoms. The molecule has 18 nitrogen and oxygen atoms in total. The summed E-state index contributed by atoms with van der Waals surface area (Å²) in [6.07, 6.45) is -12.2. The molecule has 20 atom stereocenters. The van der Waals surface area contributed by atoms with Gasteiger partial charge in [-0.1, -0.05) is 53.7 Å². The Morgan fingerprint density at radius 1 is 0.768 bits per heavy atom. The van der Waals surface area contributed by atoms with Crippen molar-refractivity contribution in [2.75, 3.05) is 6.54 Å². The molecule has 4 heterocycles. The molecule has 0 aromatic carbocycles. The number of amides is 1. The maximum Gasteiger partial charge on any atom is 0.223 e. The molecule has 1 saturated carbocycles. The maximum atomic E-state index is 12.5. The fraction of sp³-hybridized carbons (Fsp3) is 0.895. The average Bonchev–Trinajstić information content (AvgIpc) is 3.72. The van der Waals surface area contributed by atoms with Crippen LogP contribution in [0, 0.1) is 29.6 Å². The van der Waals surface area contributed by atoms with Crippen molar-refractivity contribution in [1.29, 1.82) is 0 Å². The van der Waals surface area contributed by atoms with Gasteiger partial charge in [-0.05, 0) is 38.0 Å². The topological polar surface area (TPSA) is 254 Å². The quantitative estimate of drug-likeness (QED) is 0.117. The molecule has 4 aliphatic rings. The fourth-order valence-corrected chi connectivity index (χ4v) is 8.29. The summed E-state index contributed by atoms with van der Waals surface area (Å²) in [4.78, 5) is 23.8. The fourth-order valence-electron chi connectivity index (χ4n) is 8.29. The van der Waals surface area contributed by atoms with Gasteiger partial charge in [0.2, 0.25) is 5.91 Å². The Labute approximate surface area is 328 Å². The smallest absolute Gasteiger partial charge is 0.223 e. The van der Waals surface area contributed by atoms with Crippen LogP contribution >= 0.6 is 0 Å². The second-order valence-electron chi connectivity index (χ2n) is 16.6. The highest BCUT2D eigenvalue weighted by Crippen LogP contribution is 2.40. The highest BCUT2D eigenvalue weighted by atomic mass is 16.8. The van der Waals surface area contributed by atoms with E-state index < -0.39 is 110 Å². The van der Waals surface area contributed by atoms with E-state index >= 15 is 0 Å². The van der Waals surface area contributed by atoms with Crippen LogP contribution in [0.2, 0.25) is 0 Å². The third-order valence-corrected chi connectivity index (χ3v) is 12.0. The van der Waals surface area contributed by atoms with E-state index in [9.17, 15) is 40.2 Å². The number of rotatable bonds is 15. The van der Waals surface area contributed by atoms with Crippen molar-refractivity contribution in [3.05, 3.63) is 11.9 Å². The van der Waals surface area contributed by atoms with Gasteiger partial charge in [-0.3, -0.25) is 9.59 Å². The first kappa shape index (κ1) is 44.9. The SMILES string of the molecule is CCC1O[C@@H](O[C@H]2C(C)C[C@@H](C)C(O)[C@H]2O[C@@H]2O[C@H](Cn3cc(CC(C)C(=O)NCC(C)=O)nn3)[C@H](O[C@H]3O[C@@H](CC)[C@@H](O)C(O)C3C)C2O)C(C)[C@@H](O)[C@H]1O.